The van der Waals surface area contributed by atoms with Crippen LogP contribution in [0.2, 0.25) is 18.1 Å². The minimum absolute atomic E-state index is 0.114. The van der Waals surface area contributed by atoms with Gasteiger partial charge in [-0.05, 0) is 157 Å². The van der Waals surface area contributed by atoms with Crippen LogP contribution in [0.3, 0.4) is 0 Å². The zero-order valence-electron chi connectivity index (χ0n) is 52.5. The smallest absolute Gasteiger partial charge is 0.252 e. The van der Waals surface area contributed by atoms with Crippen LogP contribution in [0.1, 0.15) is 0 Å². The van der Waals surface area contributed by atoms with Crippen molar-refractivity contribution in [2.24, 2.45) is 0 Å². The van der Waals surface area contributed by atoms with E-state index in [1.807, 2.05) is 0 Å². The molecule has 2 heterocycles. The largest absolute Gasteiger partial charge is 0.311 e. The quantitative estimate of drug-likeness (QED) is 0.0795. The maximum Gasteiger partial charge on any atom is 0.252 e. The van der Waals surface area contributed by atoms with E-state index in [0.29, 0.717) is 5.02 Å². The molecule has 0 aliphatic carbocycles. The van der Waals surface area contributed by atoms with Gasteiger partial charge < -0.3 is 19.6 Å². The van der Waals surface area contributed by atoms with E-state index in [9.17, 15) is 0 Å². The van der Waals surface area contributed by atoms with Crippen molar-refractivity contribution in [3.8, 4) is 0 Å². The second-order valence-electron chi connectivity index (χ2n) is 24.4. The Morgan fingerprint density at radius 2 is 0.511 bits per heavy atom. The van der Waals surface area contributed by atoms with Gasteiger partial charge in [0.25, 0.3) is 6.71 Å². The lowest BCUT2D eigenvalue weighted by atomic mass is 9.33. The highest BCUT2D eigenvalue weighted by molar-refractivity contribution is 7.11. The lowest BCUT2D eigenvalue weighted by Gasteiger charge is -2.45. The van der Waals surface area contributed by atoms with Gasteiger partial charge in [0.1, 0.15) is 16.1 Å². The summed E-state index contributed by atoms with van der Waals surface area (Å²) < 4.78 is 0. The summed E-state index contributed by atoms with van der Waals surface area (Å²) in [4.78, 5) is 9.59. The number of halogens is 1. The molecule has 450 valence electrons. The van der Waals surface area contributed by atoms with Gasteiger partial charge in [0.15, 0.2) is 0 Å². The third-order valence-electron chi connectivity index (χ3n) is 19.0. The molecule has 0 N–H and O–H groups in total. The Hall–Kier alpha value is -10.9. The van der Waals surface area contributed by atoms with Crippen molar-refractivity contribution < 1.29 is 0 Å². The molecule has 14 aromatic carbocycles. The number of benzene rings is 14. The van der Waals surface area contributed by atoms with Crippen LogP contribution in [-0.2, 0) is 0 Å². The molecule has 2 aliphatic rings. The monoisotopic (exact) mass is 1260 g/mol. The summed E-state index contributed by atoms with van der Waals surface area (Å²) in [5, 5.41) is 8.80. The third-order valence-corrected chi connectivity index (χ3v) is 28.3. The van der Waals surface area contributed by atoms with Crippen molar-refractivity contribution in [1.29, 1.82) is 0 Å². The number of hydrogen-bond acceptors (Lipinski definition) is 4. The minimum Gasteiger partial charge on any atom is -0.311 e. The molecule has 0 aromatic heterocycles. The summed E-state index contributed by atoms with van der Waals surface area (Å²) in [6.45, 7) is 5.10. The predicted molar refractivity (Wildman–Crippen MR) is 408 cm³/mol. The molecule has 14 aromatic rings. The SMILES string of the molecule is C[Si](c1ccccc1)(c1ccccc1)c1cc(N(c2ccccc2)c2ccccc2)c(Cl)c(N(c2ccccc2)c2ccccc2)c1.C[Si](c1ccccc1)(c1ccccc1)c1cc2c3c(c1)N(c1ccccc1)c1ccccc1B3c1ccccc1N2c1ccccc1. The molecule has 4 nitrogen and oxygen atoms in total. The summed E-state index contributed by atoms with van der Waals surface area (Å²) in [7, 11) is -5.05. The summed E-state index contributed by atoms with van der Waals surface area (Å²) in [6, 6.07) is 136. The van der Waals surface area contributed by atoms with Crippen molar-refractivity contribution >= 4 is 150 Å². The van der Waals surface area contributed by atoms with Gasteiger partial charge in [-0.15, -0.1) is 0 Å². The van der Waals surface area contributed by atoms with Crippen LogP contribution in [0.5, 0.6) is 0 Å². The molecule has 0 amide bonds. The fourth-order valence-corrected chi connectivity index (χ4v) is 21.8. The van der Waals surface area contributed by atoms with Crippen molar-refractivity contribution in [2.45, 2.75) is 13.1 Å². The second-order valence-corrected chi connectivity index (χ2v) is 32.7. The highest BCUT2D eigenvalue weighted by Gasteiger charge is 2.46. The number of hydrogen-bond donors (Lipinski definition) is 0. The Balaban J connectivity index is 0.000000155. The fourth-order valence-electron chi connectivity index (χ4n) is 14.4. The van der Waals surface area contributed by atoms with Crippen LogP contribution in [0, 0.1) is 0 Å². The Labute approximate surface area is 560 Å². The average molecular weight is 1260 g/mol. The van der Waals surface area contributed by atoms with E-state index in [1.165, 1.54) is 81.6 Å². The first-order valence-electron chi connectivity index (χ1n) is 32.3. The van der Waals surface area contributed by atoms with E-state index in [2.05, 4.69) is 409 Å². The highest BCUT2D eigenvalue weighted by atomic mass is 35.5. The maximum absolute atomic E-state index is 7.74. The Morgan fingerprint density at radius 3 is 0.809 bits per heavy atom. The summed E-state index contributed by atoms with van der Waals surface area (Å²) in [5.74, 6) is 0. The van der Waals surface area contributed by atoms with Gasteiger partial charge >= 0.3 is 0 Å². The second kappa shape index (κ2) is 26.0. The lowest BCUT2D eigenvalue weighted by Crippen LogP contribution is -2.66. The topological polar surface area (TPSA) is 13.0 Å². The van der Waals surface area contributed by atoms with E-state index in [0.717, 1.165) is 34.1 Å². The summed E-state index contributed by atoms with van der Waals surface area (Å²) in [6.07, 6.45) is 0. The maximum atomic E-state index is 7.74. The number of rotatable bonds is 14. The van der Waals surface area contributed by atoms with Gasteiger partial charge in [0.2, 0.25) is 0 Å². The molecule has 16 rings (SSSR count). The Morgan fingerprint density at radius 1 is 0.266 bits per heavy atom. The average Bonchev–Trinajstić information content (AvgIpc) is 0.699. The van der Waals surface area contributed by atoms with Crippen LogP contribution in [0.25, 0.3) is 0 Å². The standard InChI is InChI=1S/C43H33BN2Si.C43H35ClN2Si/c1-47(34-22-10-4-11-23-34,35-24-12-5-13-25-35)36-30-41-43-42(31-36)46(33-20-8-3-9-21-33)40-29-17-15-27-38(40)44(43)37-26-14-16-28-39(37)45(41)32-18-6-2-7-19-32;1-47(38-28-16-6-17-29-38,39-30-18-7-19-31-39)40-32-41(45(34-20-8-2-9-21-34)35-22-10-3-11-23-35)43(44)42(33-40)46(36-24-12-4-13-25-36)37-26-14-5-15-27-37/h2-31H,1H3;2-33H,1H3. The fraction of sp³-hybridized carbons (Fsp3) is 0.0233. The molecule has 0 atom stereocenters. The van der Waals surface area contributed by atoms with Crippen molar-refractivity contribution in [3.63, 3.8) is 0 Å². The molecule has 0 saturated carbocycles. The lowest BCUT2D eigenvalue weighted by molar-refractivity contribution is 1.25. The molecule has 2 aliphatic heterocycles. The van der Waals surface area contributed by atoms with Crippen molar-refractivity contribution in [3.05, 3.63) is 381 Å². The van der Waals surface area contributed by atoms with Gasteiger partial charge in [-0.25, -0.2) is 0 Å². The van der Waals surface area contributed by atoms with Gasteiger partial charge in [-0.2, -0.15) is 0 Å². The molecule has 0 unspecified atom stereocenters. The molecule has 0 bridgehead atoms. The first-order chi connectivity index (χ1) is 46.4. The van der Waals surface area contributed by atoms with Crippen molar-refractivity contribution in [2.75, 3.05) is 19.6 Å². The zero-order valence-corrected chi connectivity index (χ0v) is 55.3. The highest BCUT2D eigenvalue weighted by Crippen LogP contribution is 2.48. The van der Waals surface area contributed by atoms with Crippen LogP contribution in [0.4, 0.5) is 68.2 Å². The molecular formula is C86H68BClN4Si2. The van der Waals surface area contributed by atoms with Crippen LogP contribution < -0.4 is 67.1 Å². The van der Waals surface area contributed by atoms with E-state index < -0.39 is 16.1 Å². The number of anilines is 12. The van der Waals surface area contributed by atoms with E-state index in [-0.39, 0.29) is 6.71 Å². The Kier molecular flexibility index (Phi) is 16.4. The van der Waals surface area contributed by atoms with Gasteiger partial charge in [0.05, 0.1) is 16.4 Å². The first-order valence-corrected chi connectivity index (χ1v) is 37.7. The van der Waals surface area contributed by atoms with Crippen molar-refractivity contribution in [1.82, 2.24) is 0 Å². The van der Waals surface area contributed by atoms with E-state index in [4.69, 9.17) is 11.6 Å². The molecule has 0 fully saturated rings. The van der Waals surface area contributed by atoms with Gasteiger partial charge in [0, 0.05) is 56.9 Å². The molecule has 8 heteroatoms. The number of nitrogens with zero attached hydrogens (tertiary/aromatic N) is 4. The molecule has 0 spiro atoms. The van der Waals surface area contributed by atoms with Crippen LogP contribution >= 0.6 is 11.6 Å². The van der Waals surface area contributed by atoms with E-state index in [1.54, 1.807) is 0 Å². The minimum atomic E-state index is -2.57. The number of para-hydroxylation sites is 8. The van der Waals surface area contributed by atoms with Gasteiger partial charge in [-0.1, -0.05) is 292 Å². The normalized spacial score (nSPS) is 12.1. The van der Waals surface area contributed by atoms with Crippen LogP contribution in [0.15, 0.2) is 376 Å². The van der Waals surface area contributed by atoms with Crippen LogP contribution in [-0.4, -0.2) is 22.9 Å². The molecule has 94 heavy (non-hydrogen) atoms. The van der Waals surface area contributed by atoms with E-state index >= 15 is 0 Å². The third kappa shape index (κ3) is 10.8. The molecule has 0 radical (unpaired) electrons. The molecular weight excluding hydrogens is 1190 g/mol. The zero-order chi connectivity index (χ0) is 63.4. The Bertz CT molecular complexity index is 4430. The summed E-state index contributed by atoms with van der Waals surface area (Å²) in [5.41, 5.74) is 17.4. The predicted octanol–water partition coefficient (Wildman–Crippen LogP) is 17.2. The number of fused-ring (bicyclic) bond motifs is 4. The molecule has 0 saturated heterocycles. The summed E-state index contributed by atoms with van der Waals surface area (Å²) >= 11 is 7.74. The first kappa shape index (κ1) is 59.4. The van der Waals surface area contributed by atoms with Gasteiger partial charge in [-0.3, -0.25) is 0 Å².